The topological polar surface area (TPSA) is 53.4 Å². The second-order valence-corrected chi connectivity index (χ2v) is 6.90. The molecule has 0 aliphatic heterocycles. The van der Waals surface area contributed by atoms with Crippen molar-refractivity contribution in [3.8, 4) is 17.2 Å². The molecule has 7 heteroatoms. The molecule has 0 fully saturated rings. The van der Waals surface area contributed by atoms with Gasteiger partial charge < -0.3 is 9.47 Å². The Morgan fingerprint density at radius 1 is 1.11 bits per heavy atom. The molecule has 0 aliphatic carbocycles. The number of fused-ring (bicyclic) bond motifs is 1. The highest BCUT2D eigenvalue weighted by molar-refractivity contribution is 7.20. The zero-order chi connectivity index (χ0) is 19.0. The second-order valence-electron chi connectivity index (χ2n) is 5.87. The van der Waals surface area contributed by atoms with Gasteiger partial charge in [-0.05, 0) is 49.4 Å². The number of nitrogens with zero attached hydrogens (tertiary/aromatic N) is 2. The lowest BCUT2D eigenvalue weighted by atomic mass is 10.3. The number of hydrogen-bond donors (Lipinski definition) is 0. The van der Waals surface area contributed by atoms with Crippen molar-refractivity contribution in [3.63, 3.8) is 0 Å². The maximum absolute atomic E-state index is 13.2. The fraction of sp³-hybridized carbons (Fsp3) is 0.100. The largest absolute Gasteiger partial charge is 0.497 e. The molecule has 0 radical (unpaired) electrons. The Morgan fingerprint density at radius 2 is 1.85 bits per heavy atom. The van der Waals surface area contributed by atoms with Crippen molar-refractivity contribution in [2.24, 2.45) is 0 Å². The summed E-state index contributed by atoms with van der Waals surface area (Å²) < 4.78 is 25.5. The van der Waals surface area contributed by atoms with Crippen LogP contribution < -0.4 is 9.47 Å². The second kappa shape index (κ2) is 6.85. The number of aryl methyl sites for hydroxylation is 1. The predicted octanol–water partition coefficient (Wildman–Crippen LogP) is 4.76. The van der Waals surface area contributed by atoms with Gasteiger partial charge in [0.15, 0.2) is 0 Å². The van der Waals surface area contributed by atoms with Crippen LogP contribution in [0.2, 0.25) is 0 Å². The minimum Gasteiger partial charge on any atom is -0.497 e. The lowest BCUT2D eigenvalue weighted by Gasteiger charge is -2.05. The van der Waals surface area contributed by atoms with E-state index >= 15 is 0 Å². The molecule has 2 aromatic carbocycles. The quantitative estimate of drug-likeness (QED) is 0.377. The average Bonchev–Trinajstić information content (AvgIpc) is 3.24. The number of esters is 1. The van der Waals surface area contributed by atoms with E-state index in [0.717, 1.165) is 21.6 Å². The van der Waals surface area contributed by atoms with E-state index in [1.165, 1.54) is 23.5 Å². The third-order valence-electron chi connectivity index (χ3n) is 4.07. The average molecular weight is 382 g/mol. The number of hydrogen-bond acceptors (Lipinski definition) is 5. The first-order valence-corrected chi connectivity index (χ1v) is 8.98. The zero-order valence-electron chi connectivity index (χ0n) is 14.6. The van der Waals surface area contributed by atoms with Crippen LogP contribution in [0.1, 0.15) is 15.4 Å². The molecule has 0 atom stereocenters. The lowest BCUT2D eigenvalue weighted by Crippen LogP contribution is -2.06. The van der Waals surface area contributed by atoms with Crippen LogP contribution in [0.15, 0.2) is 54.6 Å². The first-order valence-electron chi connectivity index (χ1n) is 8.16. The molecule has 0 bridgehead atoms. The normalized spacial score (nSPS) is 10.9. The zero-order valence-corrected chi connectivity index (χ0v) is 15.4. The minimum absolute atomic E-state index is 0.312. The number of rotatable bonds is 4. The fourth-order valence-corrected chi connectivity index (χ4v) is 3.79. The van der Waals surface area contributed by atoms with E-state index in [9.17, 15) is 9.18 Å². The number of ether oxygens (including phenoxy) is 2. The van der Waals surface area contributed by atoms with Gasteiger partial charge in [0.05, 0.1) is 18.5 Å². The first-order chi connectivity index (χ1) is 13.0. The van der Waals surface area contributed by atoms with E-state index in [4.69, 9.17) is 9.47 Å². The van der Waals surface area contributed by atoms with Crippen molar-refractivity contribution < 1.29 is 18.7 Å². The maximum Gasteiger partial charge on any atom is 0.353 e. The van der Waals surface area contributed by atoms with E-state index in [2.05, 4.69) is 5.10 Å². The van der Waals surface area contributed by atoms with Gasteiger partial charge in [0.2, 0.25) is 0 Å². The Labute approximate surface area is 158 Å². The van der Waals surface area contributed by atoms with Crippen molar-refractivity contribution in [2.45, 2.75) is 6.92 Å². The Bertz CT molecular complexity index is 1130. The monoisotopic (exact) mass is 382 g/mol. The smallest absolute Gasteiger partial charge is 0.353 e. The van der Waals surface area contributed by atoms with Gasteiger partial charge >= 0.3 is 5.97 Å². The van der Waals surface area contributed by atoms with Crippen molar-refractivity contribution in [3.05, 3.63) is 71.0 Å². The van der Waals surface area contributed by atoms with E-state index in [-0.39, 0.29) is 5.82 Å². The summed E-state index contributed by atoms with van der Waals surface area (Å²) in [5.41, 5.74) is 1.51. The third kappa shape index (κ3) is 3.29. The van der Waals surface area contributed by atoms with Gasteiger partial charge in [-0.25, -0.2) is 13.9 Å². The molecule has 0 aliphatic rings. The lowest BCUT2D eigenvalue weighted by molar-refractivity contribution is 0.0739. The van der Waals surface area contributed by atoms with Gasteiger partial charge in [0, 0.05) is 11.5 Å². The summed E-state index contributed by atoms with van der Waals surface area (Å²) in [7, 11) is 1.55. The van der Waals surface area contributed by atoms with Crippen LogP contribution in [0.4, 0.5) is 4.39 Å². The fourth-order valence-electron chi connectivity index (χ4n) is 2.73. The van der Waals surface area contributed by atoms with Gasteiger partial charge in [0.1, 0.15) is 27.0 Å². The Hall–Kier alpha value is -3.19. The number of aromatic nitrogens is 2. The highest BCUT2D eigenvalue weighted by atomic mass is 32.1. The maximum atomic E-state index is 13.2. The van der Waals surface area contributed by atoms with Gasteiger partial charge in [0.25, 0.3) is 0 Å². The number of methoxy groups -OCH3 is 1. The summed E-state index contributed by atoms with van der Waals surface area (Å²) in [6.07, 6.45) is 0. The third-order valence-corrected chi connectivity index (χ3v) is 5.16. The van der Waals surface area contributed by atoms with Crippen molar-refractivity contribution >= 4 is 27.5 Å². The van der Waals surface area contributed by atoms with Gasteiger partial charge in [-0.2, -0.15) is 5.10 Å². The molecule has 0 saturated heterocycles. The van der Waals surface area contributed by atoms with Gasteiger partial charge in [-0.3, -0.25) is 0 Å². The number of thiophene rings is 1. The van der Waals surface area contributed by atoms with Crippen LogP contribution in [0.5, 0.6) is 11.5 Å². The Morgan fingerprint density at radius 3 is 2.59 bits per heavy atom. The van der Waals surface area contributed by atoms with E-state index in [1.807, 2.05) is 6.92 Å². The Kier molecular flexibility index (Phi) is 4.37. The van der Waals surface area contributed by atoms with Crippen LogP contribution in [0.25, 0.3) is 15.9 Å². The summed E-state index contributed by atoms with van der Waals surface area (Å²) in [5.74, 6) is 0.259. The van der Waals surface area contributed by atoms with Crippen molar-refractivity contribution in [1.82, 2.24) is 9.78 Å². The van der Waals surface area contributed by atoms with Crippen LogP contribution >= 0.6 is 11.3 Å². The minimum atomic E-state index is -0.450. The summed E-state index contributed by atoms with van der Waals surface area (Å²) >= 11 is 1.28. The first kappa shape index (κ1) is 17.2. The summed E-state index contributed by atoms with van der Waals surface area (Å²) in [6.45, 7) is 1.87. The predicted molar refractivity (Wildman–Crippen MR) is 102 cm³/mol. The van der Waals surface area contributed by atoms with Crippen molar-refractivity contribution in [2.75, 3.05) is 7.11 Å². The van der Waals surface area contributed by atoms with Crippen LogP contribution in [-0.4, -0.2) is 22.9 Å². The molecule has 0 N–H and O–H groups in total. The molecule has 136 valence electrons. The van der Waals surface area contributed by atoms with Crippen molar-refractivity contribution in [1.29, 1.82) is 0 Å². The number of carbonyl (C=O) groups excluding carboxylic acids is 1. The molecule has 4 rings (SSSR count). The van der Waals surface area contributed by atoms with E-state index in [1.54, 1.807) is 54.3 Å². The molecule has 5 nitrogen and oxygen atoms in total. The standard InChI is InChI=1S/C20H15FN2O3S/c1-12-17-11-18(20(24)26-16-5-3-4-15(10-16)25-2)27-19(17)23(22-12)14-8-6-13(21)7-9-14/h3-11H,1-2H3. The Balaban J connectivity index is 1.68. The van der Waals surface area contributed by atoms with Crippen LogP contribution in [0.3, 0.4) is 0 Å². The molecule has 0 spiro atoms. The molecule has 2 heterocycles. The number of benzene rings is 2. The summed E-state index contributed by atoms with van der Waals surface area (Å²) in [6, 6.07) is 14.7. The summed E-state index contributed by atoms with van der Waals surface area (Å²) in [4.78, 5) is 13.8. The molecular formula is C20H15FN2O3S. The molecule has 27 heavy (non-hydrogen) atoms. The summed E-state index contributed by atoms with van der Waals surface area (Å²) in [5, 5.41) is 5.36. The van der Waals surface area contributed by atoms with Crippen LogP contribution in [-0.2, 0) is 0 Å². The number of halogens is 1. The van der Waals surface area contributed by atoms with E-state index < -0.39 is 5.97 Å². The van der Waals surface area contributed by atoms with E-state index in [0.29, 0.717) is 16.4 Å². The van der Waals surface area contributed by atoms with Gasteiger partial charge in [-0.1, -0.05) is 6.07 Å². The SMILES string of the molecule is COc1cccc(OC(=O)c2cc3c(C)nn(-c4ccc(F)cc4)c3s2)c1. The molecule has 2 aromatic heterocycles. The molecule has 4 aromatic rings. The van der Waals surface area contributed by atoms with Gasteiger partial charge in [-0.15, -0.1) is 11.3 Å². The highest BCUT2D eigenvalue weighted by Gasteiger charge is 2.19. The molecular weight excluding hydrogens is 367 g/mol. The number of carbonyl (C=O) groups is 1. The highest BCUT2D eigenvalue weighted by Crippen LogP contribution is 2.31. The molecule has 0 saturated carbocycles. The van der Waals surface area contributed by atoms with Crippen LogP contribution in [0, 0.1) is 12.7 Å². The molecule has 0 unspecified atom stereocenters. The molecule has 0 amide bonds.